The van der Waals surface area contributed by atoms with E-state index in [1.165, 1.54) is 17.5 Å². The summed E-state index contributed by atoms with van der Waals surface area (Å²) in [5, 5.41) is 0. The largest absolute Gasteiger partial charge is 0.481 e. The minimum absolute atomic E-state index is 0.0163. The summed E-state index contributed by atoms with van der Waals surface area (Å²) >= 11 is 0. The number of hydrogen-bond donors (Lipinski definition) is 0. The number of likely N-dealkylation sites (tertiary alicyclic amines) is 1. The number of hydrogen-bond acceptors (Lipinski definition) is 4. The van der Waals surface area contributed by atoms with Crippen LogP contribution in [-0.2, 0) is 9.59 Å². The molecule has 2 aliphatic heterocycles. The number of carbonyl (C=O) groups excluding carboxylic acids is 2. The van der Waals surface area contributed by atoms with E-state index < -0.39 is 6.10 Å². The summed E-state index contributed by atoms with van der Waals surface area (Å²) in [4.78, 5) is 31.3. The van der Waals surface area contributed by atoms with Gasteiger partial charge in [-0.1, -0.05) is 19.9 Å². The maximum Gasteiger partial charge on any atom is 0.263 e. The van der Waals surface area contributed by atoms with Crippen LogP contribution in [0.15, 0.2) is 18.2 Å². The molecule has 0 radical (unpaired) electrons. The summed E-state index contributed by atoms with van der Waals surface area (Å²) < 4.78 is 5.95. The normalized spacial score (nSPS) is 19.1. The van der Waals surface area contributed by atoms with Gasteiger partial charge in [0.2, 0.25) is 5.91 Å². The molecule has 0 N–H and O–H groups in total. The summed E-state index contributed by atoms with van der Waals surface area (Å²) in [5.41, 5.74) is 2.49. The Balaban J connectivity index is 1.46. The summed E-state index contributed by atoms with van der Waals surface area (Å²) in [6, 6.07) is 6.06. The van der Waals surface area contributed by atoms with Crippen molar-refractivity contribution in [1.29, 1.82) is 0 Å². The summed E-state index contributed by atoms with van der Waals surface area (Å²) in [5.74, 6) is 1.45. The fourth-order valence-corrected chi connectivity index (χ4v) is 4.44. The molecule has 2 fully saturated rings. The number of ether oxygens (including phenoxy) is 1. The van der Waals surface area contributed by atoms with Gasteiger partial charge in [0.1, 0.15) is 5.75 Å². The molecule has 1 unspecified atom stereocenters. The molecule has 2 saturated heterocycles. The maximum absolute atomic E-state index is 12.8. The molecule has 1 aromatic rings. The molecular formula is C24H37N3O3. The molecule has 0 bridgehead atoms. The molecule has 0 saturated carbocycles. The maximum atomic E-state index is 12.8. The lowest BCUT2D eigenvalue weighted by Crippen LogP contribution is -2.54. The van der Waals surface area contributed by atoms with Crippen LogP contribution in [0.3, 0.4) is 0 Å². The number of piperazine rings is 1. The van der Waals surface area contributed by atoms with Crippen LogP contribution in [0.25, 0.3) is 0 Å². The Hall–Kier alpha value is -2.08. The average Bonchev–Trinajstić information content (AvgIpc) is 2.74. The molecule has 6 nitrogen and oxygen atoms in total. The number of carbonyl (C=O) groups is 2. The molecule has 0 aromatic heterocycles. The Morgan fingerprint density at radius 2 is 1.60 bits per heavy atom. The van der Waals surface area contributed by atoms with Gasteiger partial charge >= 0.3 is 0 Å². The van der Waals surface area contributed by atoms with Gasteiger partial charge in [-0.25, -0.2) is 0 Å². The van der Waals surface area contributed by atoms with Crippen molar-refractivity contribution in [2.75, 3.05) is 45.8 Å². The van der Waals surface area contributed by atoms with Crippen LogP contribution in [0, 0.1) is 6.92 Å². The first-order valence-electron chi connectivity index (χ1n) is 11.4. The number of rotatable bonds is 6. The molecule has 2 heterocycles. The van der Waals surface area contributed by atoms with E-state index in [-0.39, 0.29) is 11.8 Å². The smallest absolute Gasteiger partial charge is 0.263 e. The zero-order valence-electron chi connectivity index (χ0n) is 19.0. The molecule has 1 aromatic carbocycles. The Labute approximate surface area is 181 Å². The van der Waals surface area contributed by atoms with E-state index >= 15 is 0 Å². The fraction of sp³-hybridized carbons (Fsp3) is 0.667. The molecule has 2 amide bonds. The number of amides is 2. The van der Waals surface area contributed by atoms with Gasteiger partial charge < -0.3 is 14.5 Å². The van der Waals surface area contributed by atoms with Crippen molar-refractivity contribution in [3.63, 3.8) is 0 Å². The van der Waals surface area contributed by atoms with Gasteiger partial charge in [-0.3, -0.25) is 14.5 Å². The predicted molar refractivity (Wildman–Crippen MR) is 119 cm³/mol. The van der Waals surface area contributed by atoms with Crippen molar-refractivity contribution in [3.8, 4) is 5.75 Å². The molecule has 2 aliphatic rings. The van der Waals surface area contributed by atoms with Gasteiger partial charge in [-0.2, -0.15) is 0 Å². The lowest BCUT2D eigenvalue weighted by Gasteiger charge is -2.36. The van der Waals surface area contributed by atoms with E-state index in [1.807, 2.05) is 28.9 Å². The summed E-state index contributed by atoms with van der Waals surface area (Å²) in [7, 11) is 0. The highest BCUT2D eigenvalue weighted by Gasteiger charge is 2.28. The van der Waals surface area contributed by atoms with Gasteiger partial charge in [0, 0.05) is 39.3 Å². The standard InChI is InChI=1S/C24H37N3O3/c1-18(2)22-9-8-21(16-19(22)3)30-20(4)24(29)27-14-12-25(13-15-27)17-23(28)26-10-6-5-7-11-26/h8-9,16,18,20H,5-7,10-15,17H2,1-4H3. The van der Waals surface area contributed by atoms with Crippen LogP contribution in [-0.4, -0.2) is 78.4 Å². The summed E-state index contributed by atoms with van der Waals surface area (Å²) in [6.45, 7) is 13.3. The van der Waals surface area contributed by atoms with Crippen LogP contribution in [0.4, 0.5) is 0 Å². The van der Waals surface area contributed by atoms with Crippen LogP contribution in [0.1, 0.15) is 57.1 Å². The highest BCUT2D eigenvalue weighted by atomic mass is 16.5. The Kier molecular flexibility index (Phi) is 7.75. The van der Waals surface area contributed by atoms with Crippen LogP contribution in [0.5, 0.6) is 5.75 Å². The van der Waals surface area contributed by atoms with Crippen LogP contribution < -0.4 is 4.74 Å². The SMILES string of the molecule is Cc1cc(OC(C)C(=O)N2CCN(CC(=O)N3CCCCC3)CC2)ccc1C(C)C. The van der Waals surface area contributed by atoms with Crippen LogP contribution >= 0.6 is 0 Å². The average molecular weight is 416 g/mol. The van der Waals surface area contributed by atoms with Crippen molar-refractivity contribution < 1.29 is 14.3 Å². The van der Waals surface area contributed by atoms with Gasteiger partial charge in [0.05, 0.1) is 6.54 Å². The highest BCUT2D eigenvalue weighted by molar-refractivity contribution is 5.81. The number of aryl methyl sites for hydroxylation is 1. The Morgan fingerprint density at radius 1 is 0.933 bits per heavy atom. The lowest BCUT2D eigenvalue weighted by atomic mass is 9.98. The minimum atomic E-state index is -0.518. The van der Waals surface area contributed by atoms with E-state index in [2.05, 4.69) is 31.7 Å². The zero-order valence-corrected chi connectivity index (χ0v) is 19.0. The molecule has 6 heteroatoms. The van der Waals surface area contributed by atoms with Gasteiger partial charge in [-0.15, -0.1) is 0 Å². The second kappa shape index (κ2) is 10.3. The van der Waals surface area contributed by atoms with Crippen molar-refractivity contribution in [2.24, 2.45) is 0 Å². The second-order valence-electron chi connectivity index (χ2n) is 8.98. The first-order chi connectivity index (χ1) is 14.3. The van der Waals surface area contributed by atoms with E-state index in [4.69, 9.17) is 4.74 Å². The fourth-order valence-electron chi connectivity index (χ4n) is 4.44. The first kappa shape index (κ1) is 22.6. The molecular weight excluding hydrogens is 378 g/mol. The Bertz CT molecular complexity index is 735. The number of piperidine rings is 1. The van der Waals surface area contributed by atoms with Crippen LogP contribution in [0.2, 0.25) is 0 Å². The van der Waals surface area contributed by atoms with E-state index in [0.29, 0.717) is 25.6 Å². The van der Waals surface area contributed by atoms with E-state index in [1.54, 1.807) is 0 Å². The van der Waals surface area contributed by atoms with E-state index in [0.717, 1.165) is 44.8 Å². The minimum Gasteiger partial charge on any atom is -0.481 e. The monoisotopic (exact) mass is 415 g/mol. The van der Waals surface area contributed by atoms with Crippen molar-refractivity contribution in [1.82, 2.24) is 14.7 Å². The molecule has 166 valence electrons. The third kappa shape index (κ3) is 5.75. The molecule has 0 aliphatic carbocycles. The van der Waals surface area contributed by atoms with E-state index in [9.17, 15) is 9.59 Å². The van der Waals surface area contributed by atoms with Crippen molar-refractivity contribution in [3.05, 3.63) is 29.3 Å². The molecule has 0 spiro atoms. The molecule has 3 rings (SSSR count). The van der Waals surface area contributed by atoms with Gasteiger partial charge in [0.15, 0.2) is 6.10 Å². The lowest BCUT2D eigenvalue weighted by molar-refractivity contribution is -0.140. The molecule has 30 heavy (non-hydrogen) atoms. The number of nitrogens with zero attached hydrogens (tertiary/aromatic N) is 3. The van der Waals surface area contributed by atoms with Gasteiger partial charge in [0.25, 0.3) is 5.91 Å². The third-order valence-electron chi connectivity index (χ3n) is 6.28. The van der Waals surface area contributed by atoms with Crippen molar-refractivity contribution in [2.45, 2.75) is 59.0 Å². The quantitative estimate of drug-likeness (QED) is 0.717. The zero-order chi connectivity index (χ0) is 21.7. The topological polar surface area (TPSA) is 53.1 Å². The number of benzene rings is 1. The Morgan fingerprint density at radius 3 is 2.20 bits per heavy atom. The second-order valence-corrected chi connectivity index (χ2v) is 8.98. The first-order valence-corrected chi connectivity index (χ1v) is 11.4. The predicted octanol–water partition coefficient (Wildman–Crippen LogP) is 3.04. The van der Waals surface area contributed by atoms with Gasteiger partial charge in [-0.05, 0) is 62.3 Å². The summed E-state index contributed by atoms with van der Waals surface area (Å²) in [6.07, 6.45) is 2.94. The molecule has 1 atom stereocenters. The third-order valence-corrected chi connectivity index (χ3v) is 6.28. The highest BCUT2D eigenvalue weighted by Crippen LogP contribution is 2.24. The van der Waals surface area contributed by atoms with Crippen molar-refractivity contribution >= 4 is 11.8 Å².